The summed E-state index contributed by atoms with van der Waals surface area (Å²) in [6.07, 6.45) is 0.569. The molecule has 0 saturated carbocycles. The van der Waals surface area contributed by atoms with Crippen LogP contribution in [0.1, 0.15) is 57.3 Å². The van der Waals surface area contributed by atoms with Gasteiger partial charge in [-0.3, -0.25) is 4.79 Å². The molecular weight excluding hydrogens is 410 g/mol. The van der Waals surface area contributed by atoms with Gasteiger partial charge in [0, 0.05) is 6.04 Å². The van der Waals surface area contributed by atoms with Crippen LogP contribution in [0.15, 0.2) is 66.0 Å². The van der Waals surface area contributed by atoms with E-state index in [2.05, 4.69) is 23.7 Å². The van der Waals surface area contributed by atoms with Crippen molar-refractivity contribution < 1.29 is 14.7 Å². The molecule has 0 aliphatic rings. The van der Waals surface area contributed by atoms with Crippen molar-refractivity contribution in [1.29, 1.82) is 0 Å². The van der Waals surface area contributed by atoms with Gasteiger partial charge >= 0.3 is 5.97 Å². The Kier molecular flexibility index (Phi) is 5.86. The number of amides is 1. The van der Waals surface area contributed by atoms with Gasteiger partial charge in [0.25, 0.3) is 5.91 Å². The number of carbonyl (C=O) groups is 2. The highest BCUT2D eigenvalue weighted by Crippen LogP contribution is 2.28. The summed E-state index contributed by atoms with van der Waals surface area (Å²) >= 11 is 1.39. The van der Waals surface area contributed by atoms with Crippen molar-refractivity contribution in [1.82, 2.24) is 14.9 Å². The monoisotopic (exact) mass is 433 g/mol. The van der Waals surface area contributed by atoms with Crippen molar-refractivity contribution in [3.8, 4) is 0 Å². The smallest absolute Gasteiger partial charge is 0.335 e. The van der Waals surface area contributed by atoms with Crippen LogP contribution < -0.4 is 5.32 Å². The number of benzene rings is 2. The number of hydrogen-bond acceptors (Lipinski definition) is 4. The van der Waals surface area contributed by atoms with Crippen molar-refractivity contribution in [2.24, 2.45) is 0 Å². The topological polar surface area (TPSA) is 84.2 Å². The highest BCUT2D eigenvalue weighted by atomic mass is 32.1. The number of carboxylic acids is 1. The number of thiophene rings is 1. The lowest BCUT2D eigenvalue weighted by Gasteiger charge is -2.22. The molecule has 2 heterocycles. The van der Waals surface area contributed by atoms with Crippen molar-refractivity contribution in [2.75, 3.05) is 0 Å². The Bertz CT molecular complexity index is 1210. The van der Waals surface area contributed by atoms with E-state index in [9.17, 15) is 14.7 Å². The van der Waals surface area contributed by atoms with Gasteiger partial charge in [-0.2, -0.15) is 0 Å². The molecule has 0 radical (unpaired) electrons. The molecule has 6 nitrogen and oxygen atoms in total. The van der Waals surface area contributed by atoms with Gasteiger partial charge in [0.05, 0.1) is 27.5 Å². The Labute approximate surface area is 184 Å². The lowest BCUT2D eigenvalue weighted by Crippen LogP contribution is -2.32. The molecule has 2 aromatic carbocycles. The van der Waals surface area contributed by atoms with E-state index in [-0.39, 0.29) is 23.6 Å². The summed E-state index contributed by atoms with van der Waals surface area (Å²) in [6, 6.07) is 18.3. The zero-order valence-electron chi connectivity index (χ0n) is 17.3. The number of imidazole rings is 1. The van der Waals surface area contributed by atoms with E-state index in [0.29, 0.717) is 22.6 Å². The molecule has 2 aromatic heterocycles. The van der Waals surface area contributed by atoms with Crippen molar-refractivity contribution in [2.45, 2.75) is 32.4 Å². The Morgan fingerprint density at radius 2 is 1.87 bits per heavy atom. The quantitative estimate of drug-likeness (QED) is 0.425. The fraction of sp³-hybridized carbons (Fsp3) is 0.208. The van der Waals surface area contributed by atoms with Crippen molar-refractivity contribution in [3.63, 3.8) is 0 Å². The molecule has 7 heteroatoms. The van der Waals surface area contributed by atoms with E-state index in [0.717, 1.165) is 11.1 Å². The first-order valence-corrected chi connectivity index (χ1v) is 11.0. The second kappa shape index (κ2) is 8.73. The summed E-state index contributed by atoms with van der Waals surface area (Å²) in [5.74, 6) is -0.430. The van der Waals surface area contributed by atoms with Crippen LogP contribution in [-0.4, -0.2) is 26.5 Å². The fourth-order valence-corrected chi connectivity index (χ4v) is 4.36. The van der Waals surface area contributed by atoms with E-state index >= 15 is 0 Å². The van der Waals surface area contributed by atoms with E-state index in [1.165, 1.54) is 11.3 Å². The molecule has 158 valence electrons. The molecule has 4 rings (SSSR count). The normalized spacial score (nSPS) is 12.2. The maximum Gasteiger partial charge on any atom is 0.335 e. The summed E-state index contributed by atoms with van der Waals surface area (Å²) in [5, 5.41) is 14.4. The standard InChI is InChI=1S/C24H23N3O3S/c1-15(2)27-20-11-10-17(24(29)30)14-18(20)25-22(27)19(13-16-7-4-3-5-8-16)26-23(28)21-9-6-12-31-21/h3-12,14-15,19H,13H2,1-2H3,(H,26,28)(H,29,30). The van der Waals surface area contributed by atoms with Crippen LogP contribution in [0.25, 0.3) is 11.0 Å². The first kappa shape index (κ1) is 20.8. The zero-order chi connectivity index (χ0) is 22.0. The van der Waals surface area contributed by atoms with Crippen LogP contribution in [0.2, 0.25) is 0 Å². The minimum Gasteiger partial charge on any atom is -0.478 e. The third-order valence-corrected chi connectivity index (χ3v) is 5.99. The number of hydrogen-bond donors (Lipinski definition) is 2. The predicted octanol–water partition coefficient (Wildman–Crippen LogP) is 5.09. The molecule has 1 atom stereocenters. The number of fused-ring (bicyclic) bond motifs is 1. The van der Waals surface area contributed by atoms with E-state index in [1.807, 2.05) is 41.8 Å². The Morgan fingerprint density at radius 1 is 1.10 bits per heavy atom. The van der Waals surface area contributed by atoms with E-state index in [1.54, 1.807) is 24.3 Å². The van der Waals surface area contributed by atoms with Crippen LogP contribution >= 0.6 is 11.3 Å². The van der Waals surface area contributed by atoms with E-state index in [4.69, 9.17) is 4.98 Å². The SMILES string of the molecule is CC(C)n1c(C(Cc2ccccc2)NC(=O)c2cccs2)nc2cc(C(=O)O)ccc21. The molecule has 4 aromatic rings. The number of nitrogens with one attached hydrogen (secondary N) is 1. The second-order valence-electron chi connectivity index (χ2n) is 7.64. The molecule has 31 heavy (non-hydrogen) atoms. The summed E-state index contributed by atoms with van der Waals surface area (Å²) in [7, 11) is 0. The molecule has 0 saturated heterocycles. The highest BCUT2D eigenvalue weighted by Gasteiger charge is 2.25. The third-order valence-electron chi connectivity index (χ3n) is 5.12. The van der Waals surface area contributed by atoms with Gasteiger partial charge in [-0.15, -0.1) is 11.3 Å². The number of rotatable bonds is 7. The average molecular weight is 434 g/mol. The largest absolute Gasteiger partial charge is 0.478 e. The van der Waals surface area contributed by atoms with Crippen LogP contribution in [0.5, 0.6) is 0 Å². The van der Waals surface area contributed by atoms with Crippen LogP contribution in [0.3, 0.4) is 0 Å². The van der Waals surface area contributed by atoms with Crippen molar-refractivity contribution in [3.05, 3.63) is 87.9 Å². The lowest BCUT2D eigenvalue weighted by atomic mass is 10.0. The molecule has 0 spiro atoms. The van der Waals surface area contributed by atoms with Crippen LogP contribution in [-0.2, 0) is 6.42 Å². The number of nitrogens with zero attached hydrogens (tertiary/aromatic N) is 2. The number of aromatic nitrogens is 2. The number of aromatic carboxylic acids is 1. The van der Waals surface area contributed by atoms with Gasteiger partial charge in [0.15, 0.2) is 0 Å². The predicted molar refractivity (Wildman–Crippen MR) is 122 cm³/mol. The highest BCUT2D eigenvalue weighted by molar-refractivity contribution is 7.12. The molecule has 1 unspecified atom stereocenters. The maximum atomic E-state index is 12.9. The van der Waals surface area contributed by atoms with E-state index < -0.39 is 5.97 Å². The molecule has 0 aliphatic carbocycles. The summed E-state index contributed by atoms with van der Waals surface area (Å²) < 4.78 is 2.07. The Morgan fingerprint density at radius 3 is 2.52 bits per heavy atom. The summed E-state index contributed by atoms with van der Waals surface area (Å²) in [6.45, 7) is 4.10. The molecule has 0 bridgehead atoms. The summed E-state index contributed by atoms with van der Waals surface area (Å²) in [4.78, 5) is 29.8. The number of carboxylic acid groups (broad SMARTS) is 1. The first-order chi connectivity index (χ1) is 14.9. The fourth-order valence-electron chi connectivity index (χ4n) is 3.73. The minimum absolute atomic E-state index is 0.0765. The third kappa shape index (κ3) is 4.36. The van der Waals surface area contributed by atoms with Gasteiger partial charge in [-0.25, -0.2) is 9.78 Å². The average Bonchev–Trinajstić information content (AvgIpc) is 3.41. The Balaban J connectivity index is 1.81. The van der Waals surface area contributed by atoms with Gasteiger partial charge in [-0.1, -0.05) is 36.4 Å². The second-order valence-corrected chi connectivity index (χ2v) is 8.58. The number of carbonyl (C=O) groups excluding carboxylic acids is 1. The van der Waals surface area contributed by atoms with Crippen LogP contribution in [0.4, 0.5) is 0 Å². The first-order valence-electron chi connectivity index (χ1n) is 10.1. The van der Waals surface area contributed by atoms with Gasteiger partial charge in [0.1, 0.15) is 5.82 Å². The molecule has 0 fully saturated rings. The maximum absolute atomic E-state index is 12.9. The minimum atomic E-state index is -0.991. The van der Waals surface area contributed by atoms with Gasteiger partial charge in [0.2, 0.25) is 0 Å². The molecule has 0 aliphatic heterocycles. The zero-order valence-corrected chi connectivity index (χ0v) is 18.1. The Hall–Kier alpha value is -3.45. The van der Waals surface area contributed by atoms with Crippen LogP contribution in [0, 0.1) is 0 Å². The lowest BCUT2D eigenvalue weighted by molar-refractivity contribution is 0.0696. The molecule has 1 amide bonds. The summed E-state index contributed by atoms with van der Waals surface area (Å²) in [5.41, 5.74) is 2.72. The van der Waals surface area contributed by atoms with Crippen molar-refractivity contribution >= 4 is 34.2 Å². The van der Waals surface area contributed by atoms with Gasteiger partial charge in [-0.05, 0) is 55.5 Å². The molecular formula is C24H23N3O3S. The molecule has 2 N–H and O–H groups in total. The van der Waals surface area contributed by atoms with Gasteiger partial charge < -0.3 is 15.0 Å².